The van der Waals surface area contributed by atoms with E-state index < -0.39 is 0 Å². The van der Waals surface area contributed by atoms with Crippen LogP contribution in [0.15, 0.2) is 97.1 Å². The molecule has 2 atom stereocenters. The number of rotatable bonds is 10. The molecular formula is C38H40N6O. The van der Waals surface area contributed by atoms with Gasteiger partial charge >= 0.3 is 0 Å². The average Bonchev–Trinajstić information content (AvgIpc) is 3.69. The lowest BCUT2D eigenvalue weighted by Gasteiger charge is -2.13. The molecule has 7 heteroatoms. The molecule has 6 rings (SSSR count). The Bertz CT molecular complexity index is 1820. The summed E-state index contributed by atoms with van der Waals surface area (Å²) in [4.78, 5) is 7.02. The number of fused-ring (bicyclic) bond motifs is 2. The van der Waals surface area contributed by atoms with Gasteiger partial charge in [0.15, 0.2) is 0 Å². The van der Waals surface area contributed by atoms with Gasteiger partial charge < -0.3 is 25.3 Å². The molecule has 2 aromatic heterocycles. The molecule has 0 bridgehead atoms. The van der Waals surface area contributed by atoms with Crippen molar-refractivity contribution in [2.45, 2.75) is 52.6 Å². The maximum Gasteiger partial charge on any atom is 0.127 e. The van der Waals surface area contributed by atoms with E-state index in [4.69, 9.17) is 15.6 Å². The highest BCUT2D eigenvalue weighted by molar-refractivity contribution is 6.01. The summed E-state index contributed by atoms with van der Waals surface area (Å²) in [5, 5.41) is 25.5. The van der Waals surface area contributed by atoms with Crippen LogP contribution in [0.4, 0.5) is 0 Å². The molecule has 0 amide bonds. The number of amidine groups is 2. The van der Waals surface area contributed by atoms with Gasteiger partial charge in [0, 0.05) is 56.4 Å². The largest absolute Gasteiger partial charge is 0.457 e. The van der Waals surface area contributed by atoms with Crippen LogP contribution in [0.3, 0.4) is 0 Å². The molecule has 6 N–H and O–H groups in total. The predicted octanol–water partition coefficient (Wildman–Crippen LogP) is 9.20. The summed E-state index contributed by atoms with van der Waals surface area (Å²) in [5.74, 6) is 2.42. The SMILES string of the molecule is CCC(C)NC(=N)c1ccc2cc(-c3ccc(Oc4ccc(-c5cc6ccc(C(=N)NC(C)CC)cc6[nH]5)cc4)cc3)[nH]c2c1. The highest BCUT2D eigenvalue weighted by Gasteiger charge is 2.11. The number of hydrogen-bond acceptors (Lipinski definition) is 3. The van der Waals surface area contributed by atoms with E-state index in [1.54, 1.807) is 0 Å². The summed E-state index contributed by atoms with van der Waals surface area (Å²) in [5.41, 5.74) is 7.93. The minimum atomic E-state index is 0.263. The Balaban J connectivity index is 1.12. The number of nitrogens with one attached hydrogen (secondary N) is 6. The van der Waals surface area contributed by atoms with Crippen molar-refractivity contribution in [3.63, 3.8) is 0 Å². The predicted molar refractivity (Wildman–Crippen MR) is 187 cm³/mol. The lowest BCUT2D eigenvalue weighted by atomic mass is 10.1. The minimum Gasteiger partial charge on any atom is -0.457 e. The van der Waals surface area contributed by atoms with Gasteiger partial charge in [0.05, 0.1) is 0 Å². The highest BCUT2D eigenvalue weighted by atomic mass is 16.5. The Morgan fingerprint density at radius 3 is 1.38 bits per heavy atom. The molecule has 45 heavy (non-hydrogen) atoms. The molecule has 2 unspecified atom stereocenters. The fourth-order valence-corrected chi connectivity index (χ4v) is 5.28. The Morgan fingerprint density at radius 2 is 1.00 bits per heavy atom. The van der Waals surface area contributed by atoms with Crippen molar-refractivity contribution < 1.29 is 4.74 Å². The monoisotopic (exact) mass is 596 g/mol. The van der Waals surface area contributed by atoms with Crippen LogP contribution < -0.4 is 15.4 Å². The number of H-pyrrole nitrogens is 2. The van der Waals surface area contributed by atoms with Crippen molar-refractivity contribution in [3.05, 3.63) is 108 Å². The standard InChI is InChI=1S/C38H40N6O/c1-5-23(3)41-37(39)29-9-7-27-19-33(43-35(27)21-29)25-11-15-31(16-12-25)45-32-17-13-26(14-18-32)34-20-28-8-10-30(22-36(28)44-34)38(40)42-24(4)6-2/h7-24,43-44H,5-6H2,1-4H3,(H2,39,41)(H2,40,42). The van der Waals surface area contributed by atoms with Crippen LogP contribution in [-0.4, -0.2) is 33.7 Å². The molecule has 0 spiro atoms. The first kappa shape index (κ1) is 29.8. The van der Waals surface area contributed by atoms with Crippen molar-refractivity contribution in [2.75, 3.05) is 0 Å². The van der Waals surface area contributed by atoms with Crippen LogP contribution in [0, 0.1) is 10.8 Å². The van der Waals surface area contributed by atoms with Gasteiger partial charge in [0.25, 0.3) is 0 Å². The van der Waals surface area contributed by atoms with Gasteiger partial charge in [0.1, 0.15) is 23.2 Å². The first-order chi connectivity index (χ1) is 21.8. The van der Waals surface area contributed by atoms with E-state index in [2.05, 4.69) is 96.8 Å². The zero-order valence-electron chi connectivity index (χ0n) is 26.2. The molecule has 0 aliphatic rings. The van der Waals surface area contributed by atoms with Crippen LogP contribution >= 0.6 is 0 Å². The van der Waals surface area contributed by atoms with Crippen molar-refractivity contribution >= 4 is 33.5 Å². The quantitative estimate of drug-likeness (QED) is 0.0700. The van der Waals surface area contributed by atoms with E-state index in [0.29, 0.717) is 11.7 Å². The van der Waals surface area contributed by atoms with E-state index in [9.17, 15) is 0 Å². The Kier molecular flexibility index (Phi) is 8.43. The summed E-state index contributed by atoms with van der Waals surface area (Å²) in [7, 11) is 0. The van der Waals surface area contributed by atoms with Gasteiger partial charge in [-0.1, -0.05) is 38.1 Å². The number of ether oxygens (including phenoxy) is 1. The van der Waals surface area contributed by atoms with E-state index in [1.807, 2.05) is 48.5 Å². The lowest BCUT2D eigenvalue weighted by Crippen LogP contribution is -2.31. The number of aromatic amines is 2. The lowest BCUT2D eigenvalue weighted by molar-refractivity contribution is 0.483. The molecule has 0 aliphatic carbocycles. The zero-order valence-corrected chi connectivity index (χ0v) is 26.2. The molecule has 228 valence electrons. The molecule has 0 radical (unpaired) electrons. The summed E-state index contributed by atoms with van der Waals surface area (Å²) in [6, 6.07) is 33.1. The molecule has 6 aromatic rings. The molecule has 0 saturated carbocycles. The fourth-order valence-electron chi connectivity index (χ4n) is 5.28. The van der Waals surface area contributed by atoms with Gasteiger partial charge in [-0.3, -0.25) is 10.8 Å². The first-order valence-electron chi connectivity index (χ1n) is 15.6. The molecule has 7 nitrogen and oxygen atoms in total. The summed E-state index contributed by atoms with van der Waals surface area (Å²) >= 11 is 0. The topological polar surface area (TPSA) is 113 Å². The van der Waals surface area contributed by atoms with E-state index in [1.165, 1.54) is 0 Å². The molecule has 2 heterocycles. The Hall–Kier alpha value is -5.30. The first-order valence-corrected chi connectivity index (χ1v) is 15.6. The number of benzene rings is 4. The third-order valence-electron chi connectivity index (χ3n) is 8.39. The van der Waals surface area contributed by atoms with E-state index in [-0.39, 0.29) is 12.1 Å². The minimum absolute atomic E-state index is 0.263. The smallest absolute Gasteiger partial charge is 0.127 e. The second kappa shape index (κ2) is 12.7. The van der Waals surface area contributed by atoms with E-state index in [0.717, 1.165) is 79.8 Å². The van der Waals surface area contributed by atoms with Crippen LogP contribution in [0.25, 0.3) is 44.3 Å². The van der Waals surface area contributed by atoms with Gasteiger partial charge in [-0.25, -0.2) is 0 Å². The third kappa shape index (κ3) is 6.63. The fraction of sp³-hybridized carbons (Fsp3) is 0.211. The highest BCUT2D eigenvalue weighted by Crippen LogP contribution is 2.30. The summed E-state index contributed by atoms with van der Waals surface area (Å²) in [6.07, 6.45) is 1.94. The molecule has 0 saturated heterocycles. The van der Waals surface area contributed by atoms with Crippen LogP contribution in [0.2, 0.25) is 0 Å². The van der Waals surface area contributed by atoms with Gasteiger partial charge in [-0.15, -0.1) is 0 Å². The van der Waals surface area contributed by atoms with Crippen molar-refractivity contribution in [3.8, 4) is 34.0 Å². The Morgan fingerprint density at radius 1 is 0.600 bits per heavy atom. The van der Waals surface area contributed by atoms with E-state index >= 15 is 0 Å². The Labute approximate surface area is 264 Å². The van der Waals surface area contributed by atoms with Crippen LogP contribution in [-0.2, 0) is 0 Å². The third-order valence-corrected chi connectivity index (χ3v) is 8.39. The second-order valence-electron chi connectivity index (χ2n) is 11.8. The van der Waals surface area contributed by atoms with Crippen molar-refractivity contribution in [2.24, 2.45) is 0 Å². The molecule has 4 aromatic carbocycles. The summed E-state index contributed by atoms with van der Waals surface area (Å²) in [6.45, 7) is 8.40. The van der Waals surface area contributed by atoms with Crippen LogP contribution in [0.1, 0.15) is 51.7 Å². The van der Waals surface area contributed by atoms with Gasteiger partial charge in [-0.2, -0.15) is 0 Å². The normalized spacial score (nSPS) is 12.6. The molecule has 0 fully saturated rings. The van der Waals surface area contributed by atoms with Crippen molar-refractivity contribution in [1.82, 2.24) is 20.6 Å². The number of hydrogen-bond donors (Lipinski definition) is 6. The van der Waals surface area contributed by atoms with Crippen molar-refractivity contribution in [1.29, 1.82) is 10.8 Å². The maximum absolute atomic E-state index is 8.40. The number of aromatic nitrogens is 2. The molecule has 0 aliphatic heterocycles. The van der Waals surface area contributed by atoms with Crippen LogP contribution in [0.5, 0.6) is 11.5 Å². The summed E-state index contributed by atoms with van der Waals surface area (Å²) < 4.78 is 6.16. The van der Waals surface area contributed by atoms with Gasteiger partial charge in [-0.05, 0) is 111 Å². The van der Waals surface area contributed by atoms with Gasteiger partial charge in [0.2, 0.25) is 0 Å². The average molecular weight is 597 g/mol. The maximum atomic E-state index is 8.40. The molecular weight excluding hydrogens is 556 g/mol. The zero-order chi connectivity index (χ0) is 31.5. The second-order valence-corrected chi connectivity index (χ2v) is 11.8.